The van der Waals surface area contributed by atoms with E-state index in [0.29, 0.717) is 5.56 Å². The molecule has 2 rings (SSSR count). The van der Waals surface area contributed by atoms with Crippen molar-refractivity contribution in [2.24, 2.45) is 0 Å². The van der Waals surface area contributed by atoms with E-state index in [2.05, 4.69) is 0 Å². The number of hydrogen-bond donors (Lipinski definition) is 5. The Labute approximate surface area is 178 Å². The van der Waals surface area contributed by atoms with E-state index in [1.165, 1.54) is 25.1 Å². The minimum absolute atomic E-state index is 0.0755. The van der Waals surface area contributed by atoms with Crippen molar-refractivity contribution in [3.05, 3.63) is 35.9 Å². The smallest absolute Gasteiger partial charge is 0.331 e. The third-order valence-electron chi connectivity index (χ3n) is 4.36. The van der Waals surface area contributed by atoms with Gasteiger partial charge >= 0.3 is 11.9 Å². The molecule has 1 fully saturated rings. The predicted molar refractivity (Wildman–Crippen MR) is 103 cm³/mol. The molecule has 1 aromatic carbocycles. The number of phenols is 1. The van der Waals surface area contributed by atoms with Crippen LogP contribution in [0.25, 0.3) is 6.08 Å². The van der Waals surface area contributed by atoms with Crippen molar-refractivity contribution in [2.75, 3.05) is 19.8 Å². The number of hydrogen-bond acceptors (Lipinski definition) is 11. The molecule has 0 radical (unpaired) electrons. The van der Waals surface area contributed by atoms with Crippen LogP contribution in [0.4, 0.5) is 0 Å². The van der Waals surface area contributed by atoms with E-state index in [-0.39, 0.29) is 19.0 Å². The number of phenolic OH excluding ortho intramolecular Hbond substituents is 1. The standard InChI is InChI=1S/C20H26O11/c1-11(22)28-9-14(30-16(24)7-4-12-2-5-13(23)6-3-12)10-29-20-19(27)18(26)17(25)15(8-21)31-20/h2-7,14-15,17-21,23,25-27H,8-10H2,1H3/b7-4+. The van der Waals surface area contributed by atoms with Gasteiger partial charge in [0.15, 0.2) is 12.4 Å². The van der Waals surface area contributed by atoms with Gasteiger partial charge in [0, 0.05) is 13.0 Å². The van der Waals surface area contributed by atoms with Crippen LogP contribution in [0.2, 0.25) is 0 Å². The highest BCUT2D eigenvalue weighted by molar-refractivity contribution is 5.87. The highest BCUT2D eigenvalue weighted by Gasteiger charge is 2.44. The Balaban J connectivity index is 1.96. The van der Waals surface area contributed by atoms with Gasteiger partial charge in [0.2, 0.25) is 0 Å². The van der Waals surface area contributed by atoms with Crippen LogP contribution in [0, 0.1) is 0 Å². The molecule has 11 nitrogen and oxygen atoms in total. The van der Waals surface area contributed by atoms with E-state index in [1.54, 1.807) is 12.1 Å². The maximum absolute atomic E-state index is 12.1. The molecule has 6 atom stereocenters. The summed E-state index contributed by atoms with van der Waals surface area (Å²) in [5, 5.41) is 48.1. The summed E-state index contributed by atoms with van der Waals surface area (Å²) in [6, 6.07) is 6.06. The molecule has 172 valence electrons. The van der Waals surface area contributed by atoms with E-state index in [9.17, 15) is 35.1 Å². The first kappa shape index (κ1) is 24.7. The lowest BCUT2D eigenvalue weighted by Crippen LogP contribution is -2.59. The lowest BCUT2D eigenvalue weighted by Gasteiger charge is -2.39. The summed E-state index contributed by atoms with van der Waals surface area (Å²) < 4.78 is 20.6. The SMILES string of the molecule is CC(=O)OCC(COC1OC(CO)C(O)C(O)C1O)OC(=O)/C=C/c1ccc(O)cc1. The Kier molecular flexibility index (Phi) is 9.37. The zero-order valence-corrected chi connectivity index (χ0v) is 16.7. The van der Waals surface area contributed by atoms with Gasteiger partial charge in [-0.05, 0) is 23.8 Å². The fourth-order valence-corrected chi connectivity index (χ4v) is 2.69. The molecule has 11 heteroatoms. The highest BCUT2D eigenvalue weighted by Crippen LogP contribution is 2.22. The van der Waals surface area contributed by atoms with E-state index < -0.39 is 55.4 Å². The average molecular weight is 442 g/mol. The maximum Gasteiger partial charge on any atom is 0.331 e. The quantitative estimate of drug-likeness (QED) is 0.227. The van der Waals surface area contributed by atoms with Gasteiger partial charge < -0.3 is 44.5 Å². The molecule has 0 aromatic heterocycles. The fraction of sp³-hybridized carbons (Fsp3) is 0.500. The van der Waals surface area contributed by atoms with E-state index in [1.807, 2.05) is 0 Å². The van der Waals surface area contributed by atoms with Crippen LogP contribution in [0.15, 0.2) is 30.3 Å². The van der Waals surface area contributed by atoms with Crippen LogP contribution in [0.5, 0.6) is 5.75 Å². The monoisotopic (exact) mass is 442 g/mol. The third kappa shape index (κ3) is 7.58. The molecule has 1 heterocycles. The summed E-state index contributed by atoms with van der Waals surface area (Å²) in [7, 11) is 0. The summed E-state index contributed by atoms with van der Waals surface area (Å²) in [5.74, 6) is -1.32. The van der Waals surface area contributed by atoms with Crippen molar-refractivity contribution in [3.8, 4) is 5.75 Å². The van der Waals surface area contributed by atoms with Crippen LogP contribution in [-0.4, -0.2) is 94.1 Å². The number of esters is 2. The summed E-state index contributed by atoms with van der Waals surface area (Å²) in [4.78, 5) is 23.2. The molecule has 0 bridgehead atoms. The van der Waals surface area contributed by atoms with Crippen LogP contribution >= 0.6 is 0 Å². The van der Waals surface area contributed by atoms with Gasteiger partial charge in [0.25, 0.3) is 0 Å². The number of carbonyl (C=O) groups excluding carboxylic acids is 2. The van der Waals surface area contributed by atoms with Gasteiger partial charge in [-0.1, -0.05) is 12.1 Å². The van der Waals surface area contributed by atoms with Crippen molar-refractivity contribution >= 4 is 18.0 Å². The fourth-order valence-electron chi connectivity index (χ4n) is 2.69. The first-order valence-electron chi connectivity index (χ1n) is 9.44. The predicted octanol–water partition coefficient (Wildman–Crippen LogP) is -1.30. The third-order valence-corrected chi connectivity index (χ3v) is 4.36. The number of ether oxygens (including phenoxy) is 4. The second kappa shape index (κ2) is 11.7. The van der Waals surface area contributed by atoms with E-state index in [0.717, 1.165) is 6.08 Å². The number of benzene rings is 1. The Bertz CT molecular complexity index is 746. The highest BCUT2D eigenvalue weighted by atomic mass is 16.7. The number of rotatable bonds is 9. The first-order chi connectivity index (χ1) is 14.7. The average Bonchev–Trinajstić information content (AvgIpc) is 2.74. The second-order valence-electron chi connectivity index (χ2n) is 6.82. The normalized spacial score (nSPS) is 27.1. The van der Waals surface area contributed by atoms with Gasteiger partial charge in [0.05, 0.1) is 13.2 Å². The zero-order valence-electron chi connectivity index (χ0n) is 16.7. The molecule has 0 spiro atoms. The zero-order chi connectivity index (χ0) is 23.0. The van der Waals surface area contributed by atoms with Gasteiger partial charge in [-0.3, -0.25) is 4.79 Å². The minimum Gasteiger partial charge on any atom is -0.508 e. The number of aliphatic hydroxyl groups is 4. The molecule has 0 saturated carbocycles. The van der Waals surface area contributed by atoms with Crippen molar-refractivity contribution < 1.29 is 54.1 Å². The molecular weight excluding hydrogens is 416 g/mol. The largest absolute Gasteiger partial charge is 0.508 e. The van der Waals surface area contributed by atoms with Crippen LogP contribution in [0.3, 0.4) is 0 Å². The van der Waals surface area contributed by atoms with Crippen LogP contribution in [-0.2, 0) is 28.5 Å². The molecule has 1 saturated heterocycles. The maximum atomic E-state index is 12.1. The van der Waals surface area contributed by atoms with Gasteiger partial charge in [-0.15, -0.1) is 0 Å². The summed E-state index contributed by atoms with van der Waals surface area (Å²) in [5.41, 5.74) is 0.629. The Morgan fingerprint density at radius 3 is 2.39 bits per heavy atom. The Morgan fingerprint density at radius 2 is 1.77 bits per heavy atom. The van der Waals surface area contributed by atoms with Gasteiger partial charge in [-0.2, -0.15) is 0 Å². The van der Waals surface area contributed by atoms with Gasteiger partial charge in [0.1, 0.15) is 36.8 Å². The van der Waals surface area contributed by atoms with Crippen molar-refractivity contribution in [1.82, 2.24) is 0 Å². The minimum atomic E-state index is -1.63. The molecule has 5 N–H and O–H groups in total. The van der Waals surface area contributed by atoms with Crippen LogP contribution in [0.1, 0.15) is 12.5 Å². The molecule has 0 aliphatic carbocycles. The molecule has 1 aliphatic rings. The Morgan fingerprint density at radius 1 is 1.10 bits per heavy atom. The van der Waals surface area contributed by atoms with Crippen molar-refractivity contribution in [3.63, 3.8) is 0 Å². The van der Waals surface area contributed by atoms with E-state index >= 15 is 0 Å². The van der Waals surface area contributed by atoms with Crippen molar-refractivity contribution in [1.29, 1.82) is 0 Å². The molecule has 0 amide bonds. The summed E-state index contributed by atoms with van der Waals surface area (Å²) in [6.07, 6.45) is -5.89. The molecule has 1 aliphatic heterocycles. The number of carbonyl (C=O) groups is 2. The van der Waals surface area contributed by atoms with Gasteiger partial charge in [-0.25, -0.2) is 4.79 Å². The first-order valence-corrected chi connectivity index (χ1v) is 9.44. The topological polar surface area (TPSA) is 172 Å². The van der Waals surface area contributed by atoms with Crippen molar-refractivity contribution in [2.45, 2.75) is 43.7 Å². The number of aromatic hydroxyl groups is 1. The Hall–Kier alpha value is -2.54. The lowest BCUT2D eigenvalue weighted by atomic mass is 9.99. The summed E-state index contributed by atoms with van der Waals surface area (Å²) in [6.45, 7) is -0.179. The molecule has 31 heavy (non-hydrogen) atoms. The molecule has 1 aromatic rings. The molecular formula is C20H26O11. The lowest BCUT2D eigenvalue weighted by molar-refractivity contribution is -0.305. The number of aliphatic hydroxyl groups excluding tert-OH is 4. The second-order valence-corrected chi connectivity index (χ2v) is 6.82. The summed E-state index contributed by atoms with van der Waals surface area (Å²) >= 11 is 0. The van der Waals surface area contributed by atoms with Crippen LogP contribution < -0.4 is 0 Å². The molecule has 6 unspecified atom stereocenters. The van der Waals surface area contributed by atoms with E-state index in [4.69, 9.17) is 18.9 Å².